The van der Waals surface area contributed by atoms with E-state index in [9.17, 15) is 9.59 Å². The molecule has 0 fully saturated rings. The lowest BCUT2D eigenvalue weighted by atomic mass is 10.0. The van der Waals surface area contributed by atoms with Crippen molar-refractivity contribution in [1.82, 2.24) is 5.32 Å². The van der Waals surface area contributed by atoms with Gasteiger partial charge < -0.3 is 10.4 Å². The summed E-state index contributed by atoms with van der Waals surface area (Å²) in [6.07, 6.45) is 1.65. The maximum Gasteiger partial charge on any atom is 0.325 e. The molecule has 0 aromatic heterocycles. The van der Waals surface area contributed by atoms with E-state index in [-0.39, 0.29) is 11.8 Å². The number of hydrogen-bond donors (Lipinski definition) is 2. The Morgan fingerprint density at radius 2 is 2.12 bits per heavy atom. The van der Waals surface area contributed by atoms with Crippen molar-refractivity contribution < 1.29 is 14.7 Å². The van der Waals surface area contributed by atoms with Gasteiger partial charge in [0, 0.05) is 0 Å². The zero-order valence-electron chi connectivity index (χ0n) is 9.64. The van der Waals surface area contributed by atoms with Crippen molar-refractivity contribution in [3.8, 4) is 0 Å². The van der Waals surface area contributed by atoms with Gasteiger partial charge in [-0.15, -0.1) is 0 Å². The van der Waals surface area contributed by atoms with E-state index >= 15 is 0 Å². The van der Waals surface area contributed by atoms with E-state index in [0.29, 0.717) is 0 Å². The van der Waals surface area contributed by atoms with Crippen LogP contribution in [0, 0.1) is 0 Å². The van der Waals surface area contributed by atoms with Gasteiger partial charge in [0.2, 0.25) is 5.91 Å². The van der Waals surface area contributed by atoms with E-state index in [1.807, 2.05) is 24.3 Å². The number of carboxylic acids is 1. The second kappa shape index (κ2) is 4.57. The van der Waals surface area contributed by atoms with Gasteiger partial charge in [-0.1, -0.05) is 24.3 Å². The highest BCUT2D eigenvalue weighted by Crippen LogP contribution is 2.32. The van der Waals surface area contributed by atoms with Crippen molar-refractivity contribution in [2.24, 2.45) is 0 Å². The molecule has 0 spiro atoms. The van der Waals surface area contributed by atoms with Crippen LogP contribution in [0.4, 0.5) is 0 Å². The third-order valence-electron chi connectivity index (χ3n) is 3.18. The van der Waals surface area contributed by atoms with Crippen LogP contribution in [-0.2, 0) is 16.0 Å². The molecule has 0 radical (unpaired) electrons. The van der Waals surface area contributed by atoms with Crippen molar-refractivity contribution in [2.45, 2.75) is 31.7 Å². The number of nitrogens with one attached hydrogen (secondary N) is 1. The van der Waals surface area contributed by atoms with E-state index in [0.717, 1.165) is 18.4 Å². The molecule has 2 rings (SSSR count). The number of aryl methyl sites for hydroxylation is 1. The van der Waals surface area contributed by atoms with Crippen LogP contribution in [0.3, 0.4) is 0 Å². The minimum absolute atomic E-state index is 0.190. The van der Waals surface area contributed by atoms with Crippen LogP contribution in [0.15, 0.2) is 24.3 Å². The first-order valence-corrected chi connectivity index (χ1v) is 5.70. The van der Waals surface area contributed by atoms with Gasteiger partial charge in [0.25, 0.3) is 0 Å². The zero-order chi connectivity index (χ0) is 12.4. The first-order valence-electron chi connectivity index (χ1n) is 5.70. The largest absolute Gasteiger partial charge is 0.480 e. The second-order valence-electron chi connectivity index (χ2n) is 4.36. The van der Waals surface area contributed by atoms with Crippen LogP contribution in [0.1, 0.15) is 30.4 Å². The predicted molar refractivity (Wildman–Crippen MR) is 62.7 cm³/mol. The van der Waals surface area contributed by atoms with Gasteiger partial charge in [0.15, 0.2) is 0 Å². The Kier molecular flexibility index (Phi) is 3.13. The Labute approximate surface area is 99.6 Å². The van der Waals surface area contributed by atoms with Crippen molar-refractivity contribution in [3.05, 3.63) is 35.4 Å². The summed E-state index contributed by atoms with van der Waals surface area (Å²) in [6.45, 7) is 1.47. The molecule has 0 saturated carbocycles. The Balaban J connectivity index is 2.10. The smallest absolute Gasteiger partial charge is 0.325 e. The summed E-state index contributed by atoms with van der Waals surface area (Å²) < 4.78 is 0. The highest BCUT2D eigenvalue weighted by atomic mass is 16.4. The third kappa shape index (κ3) is 2.30. The summed E-state index contributed by atoms with van der Waals surface area (Å²) in [6, 6.07) is 6.99. The van der Waals surface area contributed by atoms with Crippen LogP contribution in [0.25, 0.3) is 0 Å². The van der Waals surface area contributed by atoms with E-state index in [1.54, 1.807) is 0 Å². The average molecular weight is 233 g/mol. The number of hydrogen-bond acceptors (Lipinski definition) is 2. The average Bonchev–Trinajstić information content (AvgIpc) is 2.72. The molecule has 1 aromatic carbocycles. The fraction of sp³-hybridized carbons (Fsp3) is 0.385. The SMILES string of the molecule is CC(NC(=O)C1CCc2ccccc21)C(=O)O. The monoisotopic (exact) mass is 233 g/mol. The number of carbonyl (C=O) groups is 2. The molecule has 90 valence electrons. The molecule has 0 heterocycles. The molecule has 0 saturated heterocycles. The number of rotatable bonds is 3. The van der Waals surface area contributed by atoms with Crippen LogP contribution < -0.4 is 5.32 Å². The van der Waals surface area contributed by atoms with E-state index in [1.165, 1.54) is 12.5 Å². The predicted octanol–water partition coefficient (Wildman–Crippen LogP) is 1.31. The van der Waals surface area contributed by atoms with Gasteiger partial charge in [0.05, 0.1) is 5.92 Å². The molecule has 17 heavy (non-hydrogen) atoms. The van der Waals surface area contributed by atoms with Gasteiger partial charge in [-0.3, -0.25) is 9.59 Å². The molecule has 2 atom stereocenters. The number of aliphatic carboxylic acids is 1. The summed E-state index contributed by atoms with van der Waals surface area (Å²) in [5, 5.41) is 11.3. The quantitative estimate of drug-likeness (QED) is 0.827. The minimum atomic E-state index is -1.01. The lowest BCUT2D eigenvalue weighted by molar-refractivity contribution is -0.141. The molecule has 1 aromatic rings. The highest BCUT2D eigenvalue weighted by molar-refractivity contribution is 5.88. The molecule has 2 N–H and O–H groups in total. The number of fused-ring (bicyclic) bond motifs is 1. The number of benzene rings is 1. The lowest BCUT2D eigenvalue weighted by Crippen LogP contribution is -2.40. The highest BCUT2D eigenvalue weighted by Gasteiger charge is 2.29. The number of amides is 1. The molecule has 0 bridgehead atoms. The number of carbonyl (C=O) groups excluding carboxylic acids is 1. The van der Waals surface area contributed by atoms with Crippen molar-refractivity contribution in [2.75, 3.05) is 0 Å². The Bertz CT molecular complexity index is 456. The van der Waals surface area contributed by atoms with Crippen molar-refractivity contribution >= 4 is 11.9 Å². The second-order valence-corrected chi connectivity index (χ2v) is 4.36. The Hall–Kier alpha value is -1.84. The summed E-state index contributed by atoms with van der Waals surface area (Å²) >= 11 is 0. The topological polar surface area (TPSA) is 66.4 Å². The summed E-state index contributed by atoms with van der Waals surface area (Å²) in [5.74, 6) is -1.40. The summed E-state index contributed by atoms with van der Waals surface area (Å²) in [7, 11) is 0. The van der Waals surface area contributed by atoms with Gasteiger partial charge in [-0.2, -0.15) is 0 Å². The molecule has 0 aliphatic heterocycles. The Morgan fingerprint density at radius 1 is 1.41 bits per heavy atom. The molecule has 1 aliphatic carbocycles. The van der Waals surface area contributed by atoms with Gasteiger partial charge >= 0.3 is 5.97 Å². The first-order chi connectivity index (χ1) is 8.09. The van der Waals surface area contributed by atoms with E-state index in [4.69, 9.17) is 5.11 Å². The first kappa shape index (κ1) is 11.6. The maximum atomic E-state index is 11.9. The summed E-state index contributed by atoms with van der Waals surface area (Å²) in [4.78, 5) is 22.6. The third-order valence-corrected chi connectivity index (χ3v) is 3.18. The molecular weight excluding hydrogens is 218 g/mol. The molecule has 2 unspecified atom stereocenters. The lowest BCUT2D eigenvalue weighted by Gasteiger charge is -2.14. The molecule has 4 heteroatoms. The van der Waals surface area contributed by atoms with Crippen molar-refractivity contribution in [1.29, 1.82) is 0 Å². The fourth-order valence-electron chi connectivity index (χ4n) is 2.21. The normalized spacial score (nSPS) is 19.5. The maximum absolute atomic E-state index is 11.9. The van der Waals surface area contributed by atoms with Gasteiger partial charge in [0.1, 0.15) is 6.04 Å². The van der Waals surface area contributed by atoms with Crippen LogP contribution >= 0.6 is 0 Å². The van der Waals surface area contributed by atoms with Crippen LogP contribution in [-0.4, -0.2) is 23.0 Å². The summed E-state index contributed by atoms with van der Waals surface area (Å²) in [5.41, 5.74) is 2.22. The molecule has 4 nitrogen and oxygen atoms in total. The standard InChI is InChI=1S/C13H15NO3/c1-8(13(16)17)14-12(15)11-7-6-9-4-2-3-5-10(9)11/h2-5,8,11H,6-7H2,1H3,(H,14,15)(H,16,17). The van der Waals surface area contributed by atoms with Gasteiger partial charge in [-0.25, -0.2) is 0 Å². The zero-order valence-corrected chi connectivity index (χ0v) is 9.64. The van der Waals surface area contributed by atoms with Crippen LogP contribution in [0.2, 0.25) is 0 Å². The van der Waals surface area contributed by atoms with E-state index < -0.39 is 12.0 Å². The Morgan fingerprint density at radius 3 is 2.82 bits per heavy atom. The number of carboxylic acid groups (broad SMARTS) is 1. The van der Waals surface area contributed by atoms with Gasteiger partial charge in [-0.05, 0) is 30.9 Å². The van der Waals surface area contributed by atoms with Crippen LogP contribution in [0.5, 0.6) is 0 Å². The van der Waals surface area contributed by atoms with E-state index in [2.05, 4.69) is 5.32 Å². The molecule has 1 amide bonds. The fourth-order valence-corrected chi connectivity index (χ4v) is 2.21. The minimum Gasteiger partial charge on any atom is -0.480 e. The van der Waals surface area contributed by atoms with Crippen molar-refractivity contribution in [3.63, 3.8) is 0 Å². The molecule has 1 aliphatic rings. The molecular formula is C13H15NO3.